The van der Waals surface area contributed by atoms with Gasteiger partial charge in [-0.25, -0.2) is 9.59 Å². The number of hydrogen-bond acceptors (Lipinski definition) is 4. The number of carbonyl (C=O) groups is 2. The molecule has 1 aliphatic rings. The van der Waals surface area contributed by atoms with E-state index in [2.05, 4.69) is 5.32 Å². The third-order valence-corrected chi connectivity index (χ3v) is 4.49. The predicted octanol–water partition coefficient (Wildman–Crippen LogP) is 2.93. The van der Waals surface area contributed by atoms with Crippen molar-refractivity contribution in [3.8, 4) is 5.75 Å². The van der Waals surface area contributed by atoms with Crippen molar-refractivity contribution >= 4 is 12.0 Å². The van der Waals surface area contributed by atoms with Gasteiger partial charge in [-0.05, 0) is 57.2 Å². The van der Waals surface area contributed by atoms with E-state index in [1.54, 1.807) is 6.92 Å². The summed E-state index contributed by atoms with van der Waals surface area (Å²) >= 11 is 0. The molecule has 2 amide bonds. The lowest BCUT2D eigenvalue weighted by Crippen LogP contribution is -2.45. The Morgan fingerprint density at radius 3 is 2.46 bits per heavy atom. The van der Waals surface area contributed by atoms with Gasteiger partial charge in [0.05, 0.1) is 6.54 Å². The molecule has 1 aromatic carbocycles. The van der Waals surface area contributed by atoms with Crippen LogP contribution < -0.4 is 10.1 Å². The number of carboxylic acids is 1. The summed E-state index contributed by atoms with van der Waals surface area (Å²) in [6.45, 7) is 7.75. The fourth-order valence-electron chi connectivity index (χ4n) is 2.85. The number of carbonyl (C=O) groups excluding carboxylic acids is 1. The van der Waals surface area contributed by atoms with Crippen molar-refractivity contribution in [2.45, 2.75) is 52.2 Å². The van der Waals surface area contributed by atoms with Crippen LogP contribution in [0.5, 0.6) is 5.75 Å². The summed E-state index contributed by atoms with van der Waals surface area (Å²) in [7, 11) is 0. The van der Waals surface area contributed by atoms with Gasteiger partial charge >= 0.3 is 12.0 Å². The van der Waals surface area contributed by atoms with Gasteiger partial charge in [0.25, 0.3) is 0 Å². The molecule has 0 aromatic heterocycles. The molecule has 2 N–H and O–H groups in total. The van der Waals surface area contributed by atoms with Crippen LogP contribution in [0, 0.1) is 5.92 Å². The van der Waals surface area contributed by atoms with E-state index in [0.717, 1.165) is 12.1 Å². The fourth-order valence-corrected chi connectivity index (χ4v) is 2.85. The van der Waals surface area contributed by atoms with Gasteiger partial charge in [-0.1, -0.05) is 12.1 Å². The first-order valence-corrected chi connectivity index (χ1v) is 10.0. The van der Waals surface area contributed by atoms with Crippen molar-refractivity contribution in [3.63, 3.8) is 0 Å². The zero-order valence-corrected chi connectivity index (χ0v) is 17.0. The Labute approximate surface area is 167 Å². The van der Waals surface area contributed by atoms with Crippen molar-refractivity contribution in [2.24, 2.45) is 5.92 Å². The Morgan fingerprint density at radius 2 is 1.93 bits per heavy atom. The molecular weight excluding hydrogens is 360 g/mol. The lowest BCUT2D eigenvalue weighted by molar-refractivity contribution is -0.149. The van der Waals surface area contributed by atoms with E-state index in [-0.39, 0.29) is 12.1 Å². The van der Waals surface area contributed by atoms with Gasteiger partial charge in [0, 0.05) is 25.6 Å². The van der Waals surface area contributed by atoms with Crippen LogP contribution in [0.2, 0.25) is 0 Å². The summed E-state index contributed by atoms with van der Waals surface area (Å²) in [5.41, 5.74) is 0.875. The van der Waals surface area contributed by atoms with Gasteiger partial charge < -0.3 is 24.8 Å². The third kappa shape index (κ3) is 7.76. The van der Waals surface area contributed by atoms with E-state index in [1.165, 1.54) is 12.8 Å². The number of carboxylic acid groups (broad SMARTS) is 1. The van der Waals surface area contributed by atoms with Crippen LogP contribution in [0.1, 0.15) is 39.2 Å². The first kappa shape index (κ1) is 22.0. The van der Waals surface area contributed by atoms with Gasteiger partial charge in [-0.2, -0.15) is 0 Å². The monoisotopic (exact) mass is 392 g/mol. The smallest absolute Gasteiger partial charge is 0.333 e. The van der Waals surface area contributed by atoms with Crippen LogP contribution in [0.25, 0.3) is 0 Å². The lowest BCUT2D eigenvalue weighted by Gasteiger charge is -2.24. The minimum absolute atomic E-state index is 0.0449. The fraction of sp³-hybridized carbons (Fsp3) is 0.619. The van der Waals surface area contributed by atoms with Gasteiger partial charge in [0.2, 0.25) is 0 Å². The van der Waals surface area contributed by atoms with Crippen molar-refractivity contribution in [3.05, 3.63) is 29.8 Å². The Bertz CT molecular complexity index is 628. The number of urea groups is 1. The molecule has 1 atom stereocenters. The summed E-state index contributed by atoms with van der Waals surface area (Å²) in [5.74, 6) is 0.352. The Balaban J connectivity index is 1.82. The second kappa shape index (κ2) is 10.9. The molecule has 1 fully saturated rings. The van der Waals surface area contributed by atoms with Gasteiger partial charge in [-0.3, -0.25) is 0 Å². The zero-order valence-electron chi connectivity index (χ0n) is 17.0. The van der Waals surface area contributed by atoms with Crippen molar-refractivity contribution in [2.75, 3.05) is 26.3 Å². The molecule has 1 aliphatic carbocycles. The highest BCUT2D eigenvalue weighted by atomic mass is 16.5. The second-order valence-corrected chi connectivity index (χ2v) is 7.47. The summed E-state index contributed by atoms with van der Waals surface area (Å²) in [5, 5.41) is 12.1. The average Bonchev–Trinajstić information content (AvgIpc) is 3.45. The molecular formula is C21H32N2O5. The average molecular weight is 392 g/mol. The minimum Gasteiger partial charge on any atom is -0.492 e. The van der Waals surface area contributed by atoms with Gasteiger partial charge in [0.1, 0.15) is 12.4 Å². The molecule has 0 radical (unpaired) electrons. The van der Waals surface area contributed by atoms with E-state index in [0.29, 0.717) is 37.8 Å². The first-order valence-electron chi connectivity index (χ1n) is 10.0. The maximum Gasteiger partial charge on any atom is 0.333 e. The Morgan fingerprint density at radius 1 is 1.25 bits per heavy atom. The molecule has 0 saturated heterocycles. The van der Waals surface area contributed by atoms with Crippen LogP contribution in [0.3, 0.4) is 0 Å². The Kier molecular flexibility index (Phi) is 8.57. The molecule has 7 heteroatoms. The van der Waals surface area contributed by atoms with Crippen LogP contribution >= 0.6 is 0 Å². The Hall–Kier alpha value is -2.28. The van der Waals surface area contributed by atoms with E-state index in [1.807, 2.05) is 43.0 Å². The lowest BCUT2D eigenvalue weighted by atomic mass is 10.1. The SMILES string of the molecule is CCOC(Cc1ccc(OCCN(CC2CC2)C(=O)NC(C)C)cc1)C(=O)O. The number of aliphatic carboxylic acids is 1. The summed E-state index contributed by atoms with van der Waals surface area (Å²) in [4.78, 5) is 25.3. The largest absolute Gasteiger partial charge is 0.492 e. The number of benzene rings is 1. The maximum atomic E-state index is 12.3. The van der Waals surface area contributed by atoms with Gasteiger partial charge in [-0.15, -0.1) is 0 Å². The molecule has 2 rings (SSSR count). The van der Waals surface area contributed by atoms with Crippen LogP contribution in [0.4, 0.5) is 4.79 Å². The number of hydrogen-bond donors (Lipinski definition) is 2. The van der Waals surface area contributed by atoms with Crippen molar-refractivity contribution in [1.29, 1.82) is 0 Å². The molecule has 0 heterocycles. The summed E-state index contributed by atoms with van der Waals surface area (Å²) in [6, 6.07) is 7.39. The van der Waals surface area contributed by atoms with Crippen LogP contribution in [0.15, 0.2) is 24.3 Å². The highest BCUT2D eigenvalue weighted by Crippen LogP contribution is 2.29. The molecule has 1 saturated carbocycles. The van der Waals surface area contributed by atoms with Gasteiger partial charge in [0.15, 0.2) is 6.10 Å². The maximum absolute atomic E-state index is 12.3. The second-order valence-electron chi connectivity index (χ2n) is 7.47. The van der Waals surface area contributed by atoms with Crippen LogP contribution in [-0.4, -0.2) is 60.5 Å². The minimum atomic E-state index is -0.961. The van der Waals surface area contributed by atoms with E-state index < -0.39 is 12.1 Å². The van der Waals surface area contributed by atoms with Crippen LogP contribution in [-0.2, 0) is 16.0 Å². The third-order valence-electron chi connectivity index (χ3n) is 4.49. The highest BCUT2D eigenvalue weighted by molar-refractivity contribution is 5.74. The number of amides is 2. The number of rotatable bonds is 12. The molecule has 7 nitrogen and oxygen atoms in total. The molecule has 156 valence electrons. The summed E-state index contributed by atoms with van der Waals surface area (Å²) in [6.07, 6.45) is 1.85. The first-order chi connectivity index (χ1) is 13.4. The van der Waals surface area contributed by atoms with E-state index in [4.69, 9.17) is 14.6 Å². The normalized spacial score (nSPS) is 14.6. The zero-order chi connectivity index (χ0) is 20.5. The molecule has 0 spiro atoms. The highest BCUT2D eigenvalue weighted by Gasteiger charge is 2.27. The van der Waals surface area contributed by atoms with Crippen molar-refractivity contribution < 1.29 is 24.2 Å². The van der Waals surface area contributed by atoms with E-state index in [9.17, 15) is 9.59 Å². The quantitative estimate of drug-likeness (QED) is 0.571. The topological polar surface area (TPSA) is 88.1 Å². The molecule has 1 aromatic rings. The molecule has 0 bridgehead atoms. The van der Waals surface area contributed by atoms with E-state index >= 15 is 0 Å². The molecule has 1 unspecified atom stereocenters. The standard InChI is InChI=1S/C21H32N2O5/c1-4-27-19(20(24)25)13-16-7-9-18(10-8-16)28-12-11-23(14-17-5-6-17)21(26)22-15(2)3/h7-10,15,17,19H,4-6,11-14H2,1-3H3,(H,22,26)(H,24,25). The summed E-state index contributed by atoms with van der Waals surface area (Å²) < 4.78 is 11.0. The number of ether oxygens (including phenoxy) is 2. The molecule has 0 aliphatic heterocycles. The predicted molar refractivity (Wildman–Crippen MR) is 107 cm³/mol. The number of nitrogens with zero attached hydrogens (tertiary/aromatic N) is 1. The molecule has 28 heavy (non-hydrogen) atoms. The van der Waals surface area contributed by atoms with Crippen molar-refractivity contribution in [1.82, 2.24) is 10.2 Å². The number of nitrogens with one attached hydrogen (secondary N) is 1.